The van der Waals surface area contributed by atoms with Gasteiger partial charge < -0.3 is 19.5 Å². The number of H-pyrrole nitrogens is 1. The van der Waals surface area contributed by atoms with Gasteiger partial charge in [-0.2, -0.15) is 5.10 Å². The van der Waals surface area contributed by atoms with Gasteiger partial charge in [0.25, 0.3) is 5.91 Å². The lowest BCUT2D eigenvalue weighted by Crippen LogP contribution is -2.52. The quantitative estimate of drug-likeness (QED) is 0.811. The van der Waals surface area contributed by atoms with Crippen LogP contribution in [-0.2, 0) is 11.8 Å². The van der Waals surface area contributed by atoms with Crippen molar-refractivity contribution < 1.29 is 9.53 Å². The molecular formula is C20H31N7O2. The molecule has 2 aromatic rings. The number of likely N-dealkylation sites (N-methyl/N-ethyl adjacent to an activating group) is 1. The highest BCUT2D eigenvalue weighted by atomic mass is 16.5. The maximum Gasteiger partial charge on any atom is 0.275 e. The van der Waals surface area contributed by atoms with Gasteiger partial charge in [0.2, 0.25) is 0 Å². The summed E-state index contributed by atoms with van der Waals surface area (Å²) >= 11 is 0. The zero-order valence-corrected chi connectivity index (χ0v) is 17.5. The van der Waals surface area contributed by atoms with E-state index in [9.17, 15) is 4.79 Å². The monoisotopic (exact) mass is 401 g/mol. The van der Waals surface area contributed by atoms with Gasteiger partial charge in [-0.3, -0.25) is 14.4 Å². The molecule has 9 heteroatoms. The Morgan fingerprint density at radius 3 is 2.83 bits per heavy atom. The number of amides is 1. The van der Waals surface area contributed by atoms with Crippen LogP contribution in [0.5, 0.6) is 0 Å². The molecule has 2 aromatic heterocycles. The normalized spacial score (nSPS) is 24.6. The highest BCUT2D eigenvalue weighted by Crippen LogP contribution is 2.31. The molecule has 2 fully saturated rings. The number of rotatable bonds is 4. The fraction of sp³-hybridized carbons (Fsp3) is 0.650. The van der Waals surface area contributed by atoms with Crippen LogP contribution in [0.1, 0.15) is 34.2 Å². The first kappa shape index (κ1) is 20.1. The van der Waals surface area contributed by atoms with Gasteiger partial charge in [-0.05, 0) is 33.5 Å². The minimum absolute atomic E-state index is 0.0542. The first-order valence-electron chi connectivity index (χ1n) is 10.3. The highest BCUT2D eigenvalue weighted by molar-refractivity contribution is 5.93. The van der Waals surface area contributed by atoms with Crippen LogP contribution in [0.4, 0.5) is 0 Å². The van der Waals surface area contributed by atoms with E-state index in [1.54, 1.807) is 11.0 Å². The number of nitrogens with one attached hydrogen (secondary N) is 1. The molecule has 2 aliphatic heterocycles. The summed E-state index contributed by atoms with van der Waals surface area (Å²) in [6.07, 6.45) is 6.46. The van der Waals surface area contributed by atoms with Crippen LogP contribution < -0.4 is 0 Å². The second-order valence-electron chi connectivity index (χ2n) is 8.13. The Kier molecular flexibility index (Phi) is 5.98. The standard InChI is InChI=1S/C20H31N7O2/c1-15-18(22-14-21-15)20(28)27-9-10-29-17(19(27)16-11-23-25(3)12-16)13-26-6-4-5-24(2)7-8-26/h11-12,14,17,19H,4-10,13H2,1-3H3,(H,21,22)/t17-,19-/m0/s1. The molecule has 0 radical (unpaired) electrons. The smallest absolute Gasteiger partial charge is 0.275 e. The van der Waals surface area contributed by atoms with Crippen molar-refractivity contribution in [1.82, 2.24) is 34.4 Å². The summed E-state index contributed by atoms with van der Waals surface area (Å²) in [5.41, 5.74) is 2.28. The van der Waals surface area contributed by atoms with Gasteiger partial charge in [0, 0.05) is 50.7 Å². The number of aromatic amines is 1. The van der Waals surface area contributed by atoms with E-state index in [1.807, 2.05) is 31.3 Å². The molecule has 2 aliphatic rings. The molecule has 0 unspecified atom stereocenters. The maximum atomic E-state index is 13.3. The van der Waals surface area contributed by atoms with Crippen LogP contribution in [-0.4, -0.2) is 99.4 Å². The molecule has 1 amide bonds. The number of hydrogen-bond donors (Lipinski definition) is 1. The minimum Gasteiger partial charge on any atom is -0.373 e. The van der Waals surface area contributed by atoms with E-state index in [0.717, 1.165) is 50.4 Å². The lowest BCUT2D eigenvalue weighted by Gasteiger charge is -2.42. The Morgan fingerprint density at radius 2 is 2.10 bits per heavy atom. The predicted molar refractivity (Wildman–Crippen MR) is 109 cm³/mol. The number of hydrogen-bond acceptors (Lipinski definition) is 6. The molecule has 9 nitrogen and oxygen atoms in total. The number of carbonyl (C=O) groups excluding carboxylic acids is 1. The van der Waals surface area contributed by atoms with Crippen molar-refractivity contribution in [3.05, 3.63) is 35.7 Å². The Morgan fingerprint density at radius 1 is 1.24 bits per heavy atom. The zero-order valence-electron chi connectivity index (χ0n) is 17.5. The van der Waals surface area contributed by atoms with E-state index in [1.165, 1.54) is 0 Å². The number of ether oxygens (including phenoxy) is 1. The van der Waals surface area contributed by atoms with Gasteiger partial charge in [0.15, 0.2) is 0 Å². The molecule has 0 aliphatic carbocycles. The van der Waals surface area contributed by atoms with Gasteiger partial charge in [-0.1, -0.05) is 0 Å². The first-order valence-corrected chi connectivity index (χ1v) is 10.3. The SMILES string of the molecule is Cc1[nH]cnc1C(=O)N1CCO[C@@H](CN2CCCN(C)CC2)[C@@H]1c1cnn(C)c1. The molecule has 1 N–H and O–H groups in total. The molecule has 0 saturated carbocycles. The average Bonchev–Trinajstić information content (AvgIpc) is 3.27. The van der Waals surface area contributed by atoms with Crippen molar-refractivity contribution in [2.45, 2.75) is 25.5 Å². The number of aromatic nitrogens is 4. The van der Waals surface area contributed by atoms with Crippen LogP contribution in [0.3, 0.4) is 0 Å². The summed E-state index contributed by atoms with van der Waals surface area (Å²) < 4.78 is 8.02. The second kappa shape index (κ2) is 8.64. The molecule has 158 valence electrons. The zero-order chi connectivity index (χ0) is 20.4. The fourth-order valence-electron chi connectivity index (χ4n) is 4.35. The Balaban J connectivity index is 1.59. The Labute approximate surface area is 171 Å². The highest BCUT2D eigenvalue weighted by Gasteiger charge is 2.39. The fourth-order valence-corrected chi connectivity index (χ4v) is 4.35. The van der Waals surface area contributed by atoms with E-state index in [2.05, 4.69) is 31.9 Å². The van der Waals surface area contributed by atoms with Crippen LogP contribution in [0.25, 0.3) is 0 Å². The summed E-state index contributed by atoms with van der Waals surface area (Å²) in [4.78, 5) is 27.4. The number of nitrogens with zero attached hydrogens (tertiary/aromatic N) is 6. The van der Waals surface area contributed by atoms with E-state index >= 15 is 0 Å². The van der Waals surface area contributed by atoms with Crippen LogP contribution in [0.15, 0.2) is 18.7 Å². The lowest BCUT2D eigenvalue weighted by atomic mass is 9.99. The third kappa shape index (κ3) is 4.36. The summed E-state index contributed by atoms with van der Waals surface area (Å²) in [7, 11) is 4.07. The molecule has 0 spiro atoms. The molecule has 2 saturated heterocycles. The van der Waals surface area contributed by atoms with Gasteiger partial charge in [0.1, 0.15) is 5.69 Å². The van der Waals surface area contributed by atoms with Crippen molar-refractivity contribution in [2.75, 3.05) is 52.9 Å². The van der Waals surface area contributed by atoms with E-state index in [0.29, 0.717) is 18.8 Å². The summed E-state index contributed by atoms with van der Waals surface area (Å²) in [6.45, 7) is 8.01. The number of imidazole rings is 1. The number of carbonyl (C=O) groups is 1. The van der Waals surface area contributed by atoms with E-state index in [-0.39, 0.29) is 18.1 Å². The molecular weight excluding hydrogens is 370 g/mol. The molecule has 2 atom stereocenters. The van der Waals surface area contributed by atoms with E-state index in [4.69, 9.17) is 4.74 Å². The average molecular weight is 402 g/mol. The van der Waals surface area contributed by atoms with Gasteiger partial charge in [-0.25, -0.2) is 4.98 Å². The van der Waals surface area contributed by atoms with Gasteiger partial charge >= 0.3 is 0 Å². The van der Waals surface area contributed by atoms with Crippen LogP contribution in [0, 0.1) is 6.92 Å². The van der Waals surface area contributed by atoms with Crippen molar-refractivity contribution in [1.29, 1.82) is 0 Å². The number of morpholine rings is 1. The molecule has 29 heavy (non-hydrogen) atoms. The predicted octanol–water partition coefficient (Wildman–Crippen LogP) is 0.671. The molecule has 4 heterocycles. The largest absolute Gasteiger partial charge is 0.373 e. The molecule has 0 aromatic carbocycles. The van der Waals surface area contributed by atoms with Crippen molar-refractivity contribution >= 4 is 5.91 Å². The Hall–Kier alpha value is -2.23. The summed E-state index contributed by atoms with van der Waals surface area (Å²) in [5, 5.41) is 4.35. The van der Waals surface area contributed by atoms with Gasteiger partial charge in [0.05, 0.1) is 31.3 Å². The molecule has 0 bridgehead atoms. The van der Waals surface area contributed by atoms with Crippen LogP contribution >= 0.6 is 0 Å². The minimum atomic E-state index is -0.179. The van der Waals surface area contributed by atoms with E-state index < -0.39 is 0 Å². The third-order valence-electron chi connectivity index (χ3n) is 5.96. The van der Waals surface area contributed by atoms with Crippen molar-refractivity contribution in [3.63, 3.8) is 0 Å². The van der Waals surface area contributed by atoms with Gasteiger partial charge in [-0.15, -0.1) is 0 Å². The van der Waals surface area contributed by atoms with Crippen molar-refractivity contribution in [2.24, 2.45) is 7.05 Å². The number of aryl methyl sites for hydroxylation is 2. The summed E-state index contributed by atoms with van der Waals surface area (Å²) in [6, 6.07) is -0.179. The topological polar surface area (TPSA) is 82.5 Å². The summed E-state index contributed by atoms with van der Waals surface area (Å²) in [5.74, 6) is -0.0542. The Bertz CT molecular complexity index is 832. The third-order valence-corrected chi connectivity index (χ3v) is 5.96. The first-order chi connectivity index (χ1) is 14.0. The van der Waals surface area contributed by atoms with Crippen molar-refractivity contribution in [3.8, 4) is 0 Å². The second-order valence-corrected chi connectivity index (χ2v) is 8.13. The maximum absolute atomic E-state index is 13.3. The molecule has 4 rings (SSSR count). The van der Waals surface area contributed by atoms with Crippen LogP contribution in [0.2, 0.25) is 0 Å². The lowest BCUT2D eigenvalue weighted by molar-refractivity contribution is -0.0725.